The molecule has 0 amide bonds. The Morgan fingerprint density at radius 3 is 1.23 bits per heavy atom. The number of anilines is 15. The molecule has 0 fully saturated rings. The maximum atomic E-state index is 7.78. The summed E-state index contributed by atoms with van der Waals surface area (Å²) in [4.78, 5) is 12.3. The van der Waals surface area contributed by atoms with E-state index in [0.717, 1.165) is 108 Å². The summed E-state index contributed by atoms with van der Waals surface area (Å²) in [5.41, 5.74) is 23.7. The number of fused-ring (bicyclic) bond motifs is 11. The van der Waals surface area contributed by atoms with E-state index in [4.69, 9.17) is 4.74 Å². The second-order valence-corrected chi connectivity index (χ2v) is 25.9. The Morgan fingerprint density at radius 1 is 0.264 bits per heavy atom. The number of hydrogen-bond donors (Lipinski definition) is 0. The zero-order chi connectivity index (χ0) is 57.1. The SMILES string of the molecule is c1ccc(N(c2ccccc2)c2cc3c4c(c2)N(c2ccccc2)c2ccccc2B4c2cc4c(cc2O3)N(c2ccc3[te]c5ccccc5c3c2)c2cc(N(c3ccccc3)c3ccccc3)cc3c2B4c2ccccc2N3c2ccccc2)cc1. The predicted octanol–water partition coefficient (Wildman–Crippen LogP) is 16.5. The number of ether oxygens (including phenoxy) is 1. The van der Waals surface area contributed by atoms with Crippen molar-refractivity contribution in [2.45, 2.75) is 0 Å². The van der Waals surface area contributed by atoms with Crippen LogP contribution in [-0.2, 0) is 0 Å². The Morgan fingerprint density at radius 2 is 0.690 bits per heavy atom. The van der Waals surface area contributed by atoms with E-state index in [9.17, 15) is 0 Å². The van der Waals surface area contributed by atoms with Gasteiger partial charge in [0.15, 0.2) is 0 Å². The monoisotopic (exact) mass is 1230 g/mol. The Kier molecular flexibility index (Phi) is 11.5. The van der Waals surface area contributed by atoms with E-state index in [2.05, 4.69) is 334 Å². The zero-order valence-corrected chi connectivity index (χ0v) is 49.5. The molecule has 0 bridgehead atoms. The third-order valence-corrected chi connectivity index (χ3v) is 21.3. The normalized spacial score (nSPS) is 13.0. The Bertz CT molecular complexity index is 4940. The summed E-state index contributed by atoms with van der Waals surface area (Å²) in [6, 6.07) is 114. The van der Waals surface area contributed by atoms with Crippen molar-refractivity contribution in [3.8, 4) is 11.5 Å². The molecule has 18 rings (SSSR count). The molecule has 13 aromatic carbocycles. The van der Waals surface area contributed by atoms with Crippen LogP contribution in [0.25, 0.3) is 17.6 Å². The summed E-state index contributed by atoms with van der Waals surface area (Å²) in [6.45, 7) is -0.326. The Labute approximate surface area is 516 Å². The smallest absolute Gasteiger partial charge is 0.0380 e. The van der Waals surface area contributed by atoms with Gasteiger partial charge in [-0.2, -0.15) is 0 Å². The number of nitrogens with zero attached hydrogens (tertiary/aromatic N) is 5. The van der Waals surface area contributed by atoms with Gasteiger partial charge in [-0.05, 0) is 48.5 Å². The van der Waals surface area contributed by atoms with Crippen LogP contribution in [0, 0.1) is 0 Å². The fraction of sp³-hybridized carbons (Fsp3) is 0. The number of rotatable bonds is 9. The average molecular weight is 1220 g/mol. The van der Waals surface area contributed by atoms with Crippen LogP contribution in [0.3, 0.4) is 0 Å². The van der Waals surface area contributed by atoms with Crippen molar-refractivity contribution in [3.05, 3.63) is 309 Å². The summed E-state index contributed by atoms with van der Waals surface area (Å²) in [7, 11) is 0. The molecule has 6 nitrogen and oxygen atoms in total. The van der Waals surface area contributed by atoms with Gasteiger partial charge >= 0.3 is 359 Å². The number of hydrogen-bond acceptors (Lipinski definition) is 6. The van der Waals surface area contributed by atoms with Crippen molar-refractivity contribution in [3.63, 3.8) is 0 Å². The van der Waals surface area contributed by atoms with Gasteiger partial charge in [-0.25, -0.2) is 0 Å². The molecule has 0 aliphatic carbocycles. The van der Waals surface area contributed by atoms with Crippen LogP contribution in [0.1, 0.15) is 0 Å². The van der Waals surface area contributed by atoms with E-state index in [-0.39, 0.29) is 13.4 Å². The van der Waals surface area contributed by atoms with E-state index in [1.165, 1.54) is 39.4 Å². The quantitative estimate of drug-likeness (QED) is 0.134. The standard InChI is InChI=1S/C78H51B2N5OTe/c1-7-25-52(26-8-1)81(53-27-9-2-10-28-53)59-46-70-77-71(47-59)85(58-43-44-76-62(45-58)61-37-19-24-42-75(61)87-76)69-51-73-66(50-65(69)79(77)63-38-20-22-40-67(63)83(70)56-33-15-5-16-34-56)80-64-39-21-23-41-68(64)84(57-35-17-6-18-36-57)72-48-60(49-74(86-73)78(72)80)82(54-29-11-3-12-30-54)55-31-13-4-14-32-55/h1-51H. The summed E-state index contributed by atoms with van der Waals surface area (Å²) in [6.07, 6.45) is 0. The van der Waals surface area contributed by atoms with Gasteiger partial charge in [0, 0.05) is 17.1 Å². The third-order valence-electron chi connectivity index (χ3n) is 18.0. The van der Waals surface area contributed by atoms with Crippen LogP contribution in [0.5, 0.6) is 11.5 Å². The summed E-state index contributed by atoms with van der Waals surface area (Å²) in [5.74, 6) is 1.68. The van der Waals surface area contributed by atoms with Crippen molar-refractivity contribution in [2.24, 2.45) is 0 Å². The van der Waals surface area contributed by atoms with Gasteiger partial charge in [0.05, 0.1) is 0 Å². The molecule has 87 heavy (non-hydrogen) atoms. The topological polar surface area (TPSA) is 25.4 Å². The first-order chi connectivity index (χ1) is 43.2. The third kappa shape index (κ3) is 7.90. The molecule has 4 aliphatic heterocycles. The van der Waals surface area contributed by atoms with Gasteiger partial charge in [0.2, 0.25) is 0 Å². The second kappa shape index (κ2) is 20.1. The van der Waals surface area contributed by atoms with Crippen molar-refractivity contribution >= 4 is 170 Å². The first kappa shape index (κ1) is 50.0. The molecule has 0 saturated heterocycles. The molecule has 14 aromatic rings. The molecule has 1 aromatic heterocycles. The molecule has 5 heterocycles. The van der Waals surface area contributed by atoms with Crippen LogP contribution in [0.15, 0.2) is 309 Å². The van der Waals surface area contributed by atoms with Crippen LogP contribution in [0.2, 0.25) is 0 Å². The maximum absolute atomic E-state index is 7.78. The fourth-order valence-electron chi connectivity index (χ4n) is 14.4. The first-order valence-corrected chi connectivity index (χ1v) is 32.1. The molecular weight excluding hydrogens is 1170 g/mol. The van der Waals surface area contributed by atoms with Gasteiger partial charge in [-0.3, -0.25) is 0 Å². The Balaban J connectivity index is 0.940. The second-order valence-electron chi connectivity index (χ2n) is 22.8. The van der Waals surface area contributed by atoms with Crippen molar-refractivity contribution < 1.29 is 4.74 Å². The summed E-state index contributed by atoms with van der Waals surface area (Å²) in [5, 5.41) is 2.68. The minimum absolute atomic E-state index is 0.158. The van der Waals surface area contributed by atoms with Gasteiger partial charge in [-0.15, -0.1) is 0 Å². The summed E-state index contributed by atoms with van der Waals surface area (Å²) < 4.78 is 10.7. The minimum Gasteiger partial charge on any atom is -0.0602 e. The van der Waals surface area contributed by atoms with Gasteiger partial charge in [0.1, 0.15) is 0 Å². The van der Waals surface area contributed by atoms with Crippen molar-refractivity contribution in [2.75, 3.05) is 24.5 Å². The molecule has 0 unspecified atom stereocenters. The average Bonchev–Trinajstić information content (AvgIpc) is 1.04. The maximum Gasteiger partial charge on any atom is -0.0380 e. The van der Waals surface area contributed by atoms with E-state index < -0.39 is 20.4 Å². The predicted molar refractivity (Wildman–Crippen MR) is 368 cm³/mol. The van der Waals surface area contributed by atoms with E-state index in [1.54, 1.807) is 0 Å². The molecule has 0 atom stereocenters. The van der Waals surface area contributed by atoms with Crippen molar-refractivity contribution in [1.29, 1.82) is 0 Å². The van der Waals surface area contributed by atoms with E-state index in [1.807, 2.05) is 0 Å². The number of para-hydroxylation sites is 8. The van der Waals surface area contributed by atoms with E-state index >= 15 is 0 Å². The zero-order valence-electron chi connectivity index (χ0n) is 47.2. The van der Waals surface area contributed by atoms with Gasteiger partial charge in [0.25, 0.3) is 0 Å². The Hall–Kier alpha value is -10.4. The molecule has 0 saturated carbocycles. The molecule has 4 aliphatic rings. The van der Waals surface area contributed by atoms with Crippen LogP contribution < -0.4 is 62.0 Å². The van der Waals surface area contributed by atoms with Crippen molar-refractivity contribution in [1.82, 2.24) is 0 Å². The fourth-order valence-corrected chi connectivity index (χ4v) is 17.5. The van der Waals surface area contributed by atoms with Crippen LogP contribution in [-0.4, -0.2) is 33.9 Å². The molecule has 406 valence electrons. The van der Waals surface area contributed by atoms with Crippen LogP contribution >= 0.6 is 0 Å². The van der Waals surface area contributed by atoms with E-state index in [0.29, 0.717) is 0 Å². The van der Waals surface area contributed by atoms with Gasteiger partial charge < -0.3 is 9.80 Å². The van der Waals surface area contributed by atoms with Gasteiger partial charge in [-0.1, -0.05) is 84.9 Å². The molecule has 0 N–H and O–H groups in total. The summed E-state index contributed by atoms with van der Waals surface area (Å²) >= 11 is -0.571. The molecule has 0 radical (unpaired) electrons. The minimum atomic E-state index is -0.571. The largest absolute Gasteiger partial charge is 0.0602 e. The first-order valence-electron chi connectivity index (χ1n) is 29.8. The molecule has 0 spiro atoms. The molecular formula is C78H51B2N5OTe. The number of benzene rings is 13. The van der Waals surface area contributed by atoms with Crippen LogP contribution in [0.4, 0.5) is 85.3 Å². The molecule has 9 heteroatoms.